The van der Waals surface area contributed by atoms with E-state index in [-0.39, 0.29) is 11.6 Å². The molecule has 0 unspecified atom stereocenters. The highest BCUT2D eigenvalue weighted by Gasteiger charge is 2.13. The smallest absolute Gasteiger partial charge is 0.269 e. The van der Waals surface area contributed by atoms with Gasteiger partial charge in [0, 0.05) is 28.8 Å². The number of rotatable bonds is 7. The van der Waals surface area contributed by atoms with E-state index in [2.05, 4.69) is 10.3 Å². The van der Waals surface area contributed by atoms with Gasteiger partial charge in [-0.15, -0.1) is 11.3 Å². The third kappa shape index (κ3) is 4.59. The van der Waals surface area contributed by atoms with Gasteiger partial charge in [0.25, 0.3) is 11.6 Å². The molecule has 3 aromatic rings. The van der Waals surface area contributed by atoms with Gasteiger partial charge in [0.2, 0.25) is 0 Å². The number of anilines is 1. The van der Waals surface area contributed by atoms with Crippen molar-refractivity contribution in [3.8, 4) is 11.5 Å². The fraction of sp³-hybridized carbons (Fsp3) is 0.111. The van der Waals surface area contributed by atoms with E-state index in [1.165, 1.54) is 42.7 Å². The Hall–Kier alpha value is -3.46. The quantitative estimate of drug-likeness (QED) is 0.489. The summed E-state index contributed by atoms with van der Waals surface area (Å²) in [5.74, 6) is 0.548. The van der Waals surface area contributed by atoms with Crippen LogP contribution in [-0.2, 0) is 6.61 Å². The summed E-state index contributed by atoms with van der Waals surface area (Å²) in [4.78, 5) is 26.7. The number of amides is 1. The number of nitrogens with one attached hydrogen (secondary N) is 1. The van der Waals surface area contributed by atoms with Crippen molar-refractivity contribution >= 4 is 28.6 Å². The Balaban J connectivity index is 1.70. The number of nitro groups is 1. The summed E-state index contributed by atoms with van der Waals surface area (Å²) in [7, 11) is 1.49. The molecule has 1 aromatic heterocycles. The molecule has 3 rings (SSSR count). The second kappa shape index (κ2) is 8.28. The Morgan fingerprint density at radius 3 is 2.63 bits per heavy atom. The lowest BCUT2D eigenvalue weighted by atomic mass is 10.1. The van der Waals surface area contributed by atoms with Crippen molar-refractivity contribution < 1.29 is 19.2 Å². The SMILES string of the molecule is COc1cc(C(=O)Nc2ccc([N+](=O)[O-])cc2)ccc1OCc1cscn1. The fourth-order valence-corrected chi connectivity index (χ4v) is 2.80. The van der Waals surface area contributed by atoms with Crippen LogP contribution >= 0.6 is 11.3 Å². The number of hydrogen-bond acceptors (Lipinski definition) is 7. The predicted octanol–water partition coefficient (Wildman–Crippen LogP) is 3.89. The molecule has 0 atom stereocenters. The first-order chi connectivity index (χ1) is 13.1. The van der Waals surface area contributed by atoms with Gasteiger partial charge in [-0.05, 0) is 30.3 Å². The highest BCUT2D eigenvalue weighted by Crippen LogP contribution is 2.29. The average molecular weight is 385 g/mol. The van der Waals surface area contributed by atoms with E-state index in [4.69, 9.17) is 9.47 Å². The molecular formula is C18H15N3O5S. The highest BCUT2D eigenvalue weighted by atomic mass is 32.1. The molecule has 0 bridgehead atoms. The molecule has 0 fully saturated rings. The summed E-state index contributed by atoms with van der Waals surface area (Å²) in [5, 5.41) is 15.2. The van der Waals surface area contributed by atoms with E-state index in [0.717, 1.165) is 5.69 Å². The van der Waals surface area contributed by atoms with Crippen molar-refractivity contribution in [1.29, 1.82) is 0 Å². The fourth-order valence-electron chi connectivity index (χ4n) is 2.26. The minimum Gasteiger partial charge on any atom is -0.493 e. The lowest BCUT2D eigenvalue weighted by molar-refractivity contribution is -0.384. The van der Waals surface area contributed by atoms with Gasteiger partial charge in [-0.3, -0.25) is 14.9 Å². The zero-order chi connectivity index (χ0) is 19.2. The second-order valence-corrected chi connectivity index (χ2v) is 6.11. The van der Waals surface area contributed by atoms with Crippen LogP contribution < -0.4 is 14.8 Å². The van der Waals surface area contributed by atoms with Gasteiger partial charge in [0.05, 0.1) is 23.2 Å². The van der Waals surface area contributed by atoms with E-state index in [0.29, 0.717) is 29.4 Å². The number of nitrogens with zero attached hydrogens (tertiary/aromatic N) is 2. The summed E-state index contributed by atoms with van der Waals surface area (Å²) < 4.78 is 11.0. The zero-order valence-electron chi connectivity index (χ0n) is 14.2. The topological polar surface area (TPSA) is 104 Å². The van der Waals surface area contributed by atoms with Crippen molar-refractivity contribution in [3.05, 3.63) is 74.7 Å². The normalized spacial score (nSPS) is 10.3. The molecule has 27 heavy (non-hydrogen) atoms. The molecule has 1 N–H and O–H groups in total. The van der Waals surface area contributed by atoms with Crippen LogP contribution in [0.5, 0.6) is 11.5 Å². The monoisotopic (exact) mass is 385 g/mol. The van der Waals surface area contributed by atoms with Gasteiger partial charge in [-0.1, -0.05) is 0 Å². The first kappa shape index (κ1) is 18.3. The summed E-state index contributed by atoms with van der Waals surface area (Å²) in [6.07, 6.45) is 0. The summed E-state index contributed by atoms with van der Waals surface area (Å²) in [6.45, 7) is 0.300. The number of nitro benzene ring substituents is 1. The van der Waals surface area contributed by atoms with E-state index in [1.54, 1.807) is 23.7 Å². The Bertz CT molecular complexity index is 942. The lowest BCUT2D eigenvalue weighted by Gasteiger charge is -2.12. The summed E-state index contributed by atoms with van der Waals surface area (Å²) in [5.41, 5.74) is 3.31. The third-order valence-corrected chi connectivity index (χ3v) is 4.26. The maximum Gasteiger partial charge on any atom is 0.269 e. The van der Waals surface area contributed by atoms with Crippen LogP contribution in [0.25, 0.3) is 0 Å². The maximum atomic E-state index is 12.4. The number of carbonyl (C=O) groups excluding carboxylic acids is 1. The minimum atomic E-state index is -0.499. The molecule has 0 aliphatic rings. The molecule has 1 amide bonds. The van der Waals surface area contributed by atoms with Crippen molar-refractivity contribution in [2.24, 2.45) is 0 Å². The maximum absolute atomic E-state index is 12.4. The van der Waals surface area contributed by atoms with Gasteiger partial charge in [0.1, 0.15) is 6.61 Å². The van der Waals surface area contributed by atoms with Gasteiger partial charge in [-0.2, -0.15) is 0 Å². The van der Waals surface area contributed by atoms with Gasteiger partial charge >= 0.3 is 0 Å². The molecule has 0 aliphatic heterocycles. The number of benzene rings is 2. The Labute approximate surface area is 158 Å². The number of methoxy groups -OCH3 is 1. The van der Waals surface area contributed by atoms with E-state index >= 15 is 0 Å². The molecule has 0 saturated carbocycles. The minimum absolute atomic E-state index is 0.0451. The van der Waals surface area contributed by atoms with Crippen molar-refractivity contribution in [2.45, 2.75) is 6.61 Å². The number of ether oxygens (including phenoxy) is 2. The first-order valence-corrected chi connectivity index (χ1v) is 8.75. The number of non-ortho nitro benzene ring substituents is 1. The second-order valence-electron chi connectivity index (χ2n) is 5.39. The predicted molar refractivity (Wildman–Crippen MR) is 100 cm³/mol. The first-order valence-electron chi connectivity index (χ1n) is 7.80. The van der Waals surface area contributed by atoms with Crippen LogP contribution in [0.3, 0.4) is 0 Å². The molecule has 1 heterocycles. The molecule has 8 nitrogen and oxygen atoms in total. The molecule has 0 saturated heterocycles. The van der Waals surface area contributed by atoms with E-state index in [9.17, 15) is 14.9 Å². The van der Waals surface area contributed by atoms with Gasteiger partial charge < -0.3 is 14.8 Å². The molecule has 0 spiro atoms. The summed E-state index contributed by atoms with van der Waals surface area (Å²) in [6, 6.07) is 10.4. The number of carbonyl (C=O) groups is 1. The Morgan fingerprint density at radius 1 is 1.22 bits per heavy atom. The number of thiazole rings is 1. The highest BCUT2D eigenvalue weighted by molar-refractivity contribution is 7.07. The Kier molecular flexibility index (Phi) is 5.62. The molecular weight excluding hydrogens is 370 g/mol. The van der Waals surface area contributed by atoms with E-state index < -0.39 is 4.92 Å². The molecule has 0 radical (unpaired) electrons. The van der Waals surface area contributed by atoms with Crippen LogP contribution in [0, 0.1) is 10.1 Å². The molecule has 9 heteroatoms. The van der Waals surface area contributed by atoms with Crippen molar-refractivity contribution in [3.63, 3.8) is 0 Å². The van der Waals surface area contributed by atoms with Crippen LogP contribution in [0.2, 0.25) is 0 Å². The third-order valence-electron chi connectivity index (χ3n) is 3.62. The van der Waals surface area contributed by atoms with Crippen LogP contribution in [0.1, 0.15) is 16.1 Å². The van der Waals surface area contributed by atoms with Gasteiger partial charge in [0.15, 0.2) is 11.5 Å². The van der Waals surface area contributed by atoms with E-state index in [1.807, 2.05) is 5.38 Å². The lowest BCUT2D eigenvalue weighted by Crippen LogP contribution is -2.12. The molecule has 0 aliphatic carbocycles. The van der Waals surface area contributed by atoms with Crippen LogP contribution in [-0.4, -0.2) is 22.9 Å². The largest absolute Gasteiger partial charge is 0.493 e. The molecule has 138 valence electrons. The van der Waals surface area contributed by atoms with Gasteiger partial charge in [-0.25, -0.2) is 4.98 Å². The molecule has 2 aromatic carbocycles. The Morgan fingerprint density at radius 2 is 2.00 bits per heavy atom. The summed E-state index contributed by atoms with van der Waals surface area (Å²) >= 11 is 1.48. The number of hydrogen-bond donors (Lipinski definition) is 1. The average Bonchev–Trinajstić information content (AvgIpc) is 3.20. The van der Waals surface area contributed by atoms with Crippen LogP contribution in [0.4, 0.5) is 11.4 Å². The zero-order valence-corrected chi connectivity index (χ0v) is 15.1. The van der Waals surface area contributed by atoms with Crippen LogP contribution in [0.15, 0.2) is 53.4 Å². The van der Waals surface area contributed by atoms with Crippen molar-refractivity contribution in [1.82, 2.24) is 4.98 Å². The van der Waals surface area contributed by atoms with Crippen molar-refractivity contribution in [2.75, 3.05) is 12.4 Å². The number of aromatic nitrogens is 1. The standard InChI is InChI=1S/C18H15N3O5S/c1-25-17-8-12(2-7-16(17)26-9-14-10-27-11-19-14)18(22)20-13-3-5-15(6-4-13)21(23)24/h2-8,10-11H,9H2,1H3,(H,20,22).